The number of rotatable bonds is 3. The predicted molar refractivity (Wildman–Crippen MR) is 86.7 cm³/mol. The third-order valence-corrected chi connectivity index (χ3v) is 4.21. The molecular weight excluding hydrogens is 331 g/mol. The molecule has 106 valence electrons. The summed E-state index contributed by atoms with van der Waals surface area (Å²) in [5.41, 5.74) is 3.04. The smallest absolute Gasteiger partial charge is 0.124 e. The van der Waals surface area contributed by atoms with Gasteiger partial charge in [-0.2, -0.15) is 0 Å². The highest BCUT2D eigenvalue weighted by Gasteiger charge is 2.16. The van der Waals surface area contributed by atoms with Crippen molar-refractivity contribution in [3.63, 3.8) is 0 Å². The summed E-state index contributed by atoms with van der Waals surface area (Å²) in [6.07, 6.45) is 1.79. The van der Waals surface area contributed by atoms with E-state index in [4.69, 9.17) is 0 Å². The molecule has 0 spiro atoms. The molecule has 0 fully saturated rings. The van der Waals surface area contributed by atoms with Crippen LogP contribution in [0.25, 0.3) is 10.9 Å². The van der Waals surface area contributed by atoms with Crippen LogP contribution >= 0.6 is 15.9 Å². The Kier molecular flexibility index (Phi) is 3.99. The van der Waals surface area contributed by atoms with E-state index in [-0.39, 0.29) is 11.9 Å². The van der Waals surface area contributed by atoms with Gasteiger partial charge in [0, 0.05) is 16.1 Å². The highest BCUT2D eigenvalue weighted by Crippen LogP contribution is 2.30. The van der Waals surface area contributed by atoms with Gasteiger partial charge in [-0.1, -0.05) is 40.2 Å². The van der Waals surface area contributed by atoms with Crippen molar-refractivity contribution >= 4 is 26.8 Å². The zero-order chi connectivity index (χ0) is 14.8. The van der Waals surface area contributed by atoms with Gasteiger partial charge >= 0.3 is 0 Å². The largest absolute Gasteiger partial charge is 0.309 e. The van der Waals surface area contributed by atoms with Crippen LogP contribution in [-0.4, -0.2) is 12.0 Å². The van der Waals surface area contributed by atoms with Crippen molar-refractivity contribution in [1.82, 2.24) is 10.3 Å². The highest BCUT2D eigenvalue weighted by molar-refractivity contribution is 9.10. The Morgan fingerprint density at radius 1 is 1.14 bits per heavy atom. The molecule has 1 unspecified atom stereocenters. The first-order valence-electron chi connectivity index (χ1n) is 6.66. The lowest BCUT2D eigenvalue weighted by atomic mass is 9.97. The number of nitrogens with zero attached hydrogens (tertiary/aromatic N) is 1. The molecule has 4 heteroatoms. The predicted octanol–water partition coefficient (Wildman–Crippen LogP) is 4.45. The fourth-order valence-corrected chi connectivity index (χ4v) is 3.08. The maximum atomic E-state index is 13.3. The van der Waals surface area contributed by atoms with Crippen LogP contribution in [0.1, 0.15) is 17.2 Å². The molecule has 0 aliphatic rings. The van der Waals surface area contributed by atoms with Gasteiger partial charge in [0.25, 0.3) is 0 Å². The molecule has 0 aliphatic heterocycles. The molecule has 0 aliphatic carbocycles. The van der Waals surface area contributed by atoms with Gasteiger partial charge in [-0.25, -0.2) is 4.39 Å². The SMILES string of the molecule is CNC(c1ccc2cccnc2c1)c1ccc(F)cc1Br. The van der Waals surface area contributed by atoms with Crippen LogP contribution in [0, 0.1) is 5.82 Å². The molecule has 0 bridgehead atoms. The van der Waals surface area contributed by atoms with E-state index in [1.54, 1.807) is 12.3 Å². The number of halogens is 2. The lowest BCUT2D eigenvalue weighted by Crippen LogP contribution is -2.18. The van der Waals surface area contributed by atoms with E-state index in [9.17, 15) is 4.39 Å². The van der Waals surface area contributed by atoms with Gasteiger partial charge in [-0.15, -0.1) is 0 Å². The molecule has 0 saturated heterocycles. The topological polar surface area (TPSA) is 24.9 Å². The number of nitrogens with one attached hydrogen (secondary N) is 1. The number of hydrogen-bond donors (Lipinski definition) is 1. The van der Waals surface area contributed by atoms with Crippen molar-refractivity contribution in [2.45, 2.75) is 6.04 Å². The zero-order valence-electron chi connectivity index (χ0n) is 11.5. The second kappa shape index (κ2) is 5.92. The lowest BCUT2D eigenvalue weighted by Gasteiger charge is -2.19. The number of hydrogen-bond acceptors (Lipinski definition) is 2. The van der Waals surface area contributed by atoms with Gasteiger partial charge in [0.05, 0.1) is 11.6 Å². The second-order valence-electron chi connectivity index (χ2n) is 4.84. The standard InChI is InChI=1S/C17H14BrFN2/c1-20-17(14-7-6-13(19)10-15(14)18)12-5-4-11-3-2-8-21-16(11)9-12/h2-10,17,20H,1H3. The van der Waals surface area contributed by atoms with E-state index in [0.29, 0.717) is 0 Å². The molecule has 0 amide bonds. The summed E-state index contributed by atoms with van der Waals surface area (Å²) in [6, 6.07) is 14.9. The third kappa shape index (κ3) is 2.82. The Labute approximate surface area is 131 Å². The normalized spacial score (nSPS) is 12.5. The Hall–Kier alpha value is -1.78. The Bertz CT molecular complexity index is 789. The summed E-state index contributed by atoms with van der Waals surface area (Å²) in [5.74, 6) is -0.249. The van der Waals surface area contributed by atoms with Gasteiger partial charge in [-0.3, -0.25) is 4.98 Å². The van der Waals surface area contributed by atoms with Crippen LogP contribution in [0.4, 0.5) is 4.39 Å². The molecule has 2 nitrogen and oxygen atoms in total. The monoisotopic (exact) mass is 344 g/mol. The van der Waals surface area contributed by atoms with Crippen molar-refractivity contribution in [1.29, 1.82) is 0 Å². The molecule has 3 rings (SSSR count). The second-order valence-corrected chi connectivity index (χ2v) is 5.70. The first-order valence-corrected chi connectivity index (χ1v) is 7.45. The maximum Gasteiger partial charge on any atom is 0.124 e. The van der Waals surface area contributed by atoms with Crippen molar-refractivity contribution in [3.8, 4) is 0 Å². The number of fused-ring (bicyclic) bond motifs is 1. The molecule has 1 heterocycles. The number of aromatic nitrogens is 1. The fraction of sp³-hybridized carbons (Fsp3) is 0.118. The van der Waals surface area contributed by atoms with Crippen molar-refractivity contribution in [3.05, 3.63) is 76.1 Å². The van der Waals surface area contributed by atoms with E-state index in [1.165, 1.54) is 12.1 Å². The van der Waals surface area contributed by atoms with Crippen LogP contribution in [0.5, 0.6) is 0 Å². The Morgan fingerprint density at radius 2 is 2.00 bits per heavy atom. The molecule has 0 radical (unpaired) electrons. The minimum absolute atomic E-state index is 0.0219. The van der Waals surface area contributed by atoms with E-state index in [1.807, 2.05) is 19.2 Å². The minimum atomic E-state index is -0.249. The number of pyridine rings is 1. The zero-order valence-corrected chi connectivity index (χ0v) is 13.1. The quantitative estimate of drug-likeness (QED) is 0.759. The summed E-state index contributed by atoms with van der Waals surface area (Å²) in [5, 5.41) is 4.39. The van der Waals surface area contributed by atoms with E-state index in [2.05, 4.69) is 44.4 Å². The fourth-order valence-electron chi connectivity index (χ4n) is 2.50. The molecule has 1 atom stereocenters. The van der Waals surface area contributed by atoms with Crippen LogP contribution in [-0.2, 0) is 0 Å². The molecule has 2 aromatic carbocycles. The van der Waals surface area contributed by atoms with Gasteiger partial charge in [-0.05, 0) is 42.4 Å². The summed E-state index contributed by atoms with van der Waals surface area (Å²) in [4.78, 5) is 4.39. The van der Waals surface area contributed by atoms with Crippen molar-refractivity contribution in [2.24, 2.45) is 0 Å². The van der Waals surface area contributed by atoms with Crippen LogP contribution in [0.3, 0.4) is 0 Å². The molecule has 1 N–H and O–H groups in total. The summed E-state index contributed by atoms with van der Waals surface area (Å²) in [6.45, 7) is 0. The molecular formula is C17H14BrFN2. The van der Waals surface area contributed by atoms with Crippen molar-refractivity contribution < 1.29 is 4.39 Å². The Balaban J connectivity index is 2.09. The van der Waals surface area contributed by atoms with E-state index in [0.717, 1.165) is 26.5 Å². The van der Waals surface area contributed by atoms with E-state index < -0.39 is 0 Å². The summed E-state index contributed by atoms with van der Waals surface area (Å²) in [7, 11) is 1.89. The first kappa shape index (κ1) is 14.2. The minimum Gasteiger partial charge on any atom is -0.309 e. The summed E-state index contributed by atoms with van der Waals surface area (Å²) >= 11 is 3.44. The van der Waals surface area contributed by atoms with Crippen LogP contribution in [0.2, 0.25) is 0 Å². The first-order chi connectivity index (χ1) is 10.2. The van der Waals surface area contributed by atoms with Crippen LogP contribution in [0.15, 0.2) is 59.2 Å². The van der Waals surface area contributed by atoms with Gasteiger partial charge in [0.15, 0.2) is 0 Å². The molecule has 1 aromatic heterocycles. The molecule has 0 saturated carbocycles. The average Bonchev–Trinajstić information content (AvgIpc) is 2.50. The van der Waals surface area contributed by atoms with E-state index >= 15 is 0 Å². The van der Waals surface area contributed by atoms with Gasteiger partial charge < -0.3 is 5.32 Å². The van der Waals surface area contributed by atoms with Gasteiger partial charge in [0.1, 0.15) is 5.82 Å². The maximum absolute atomic E-state index is 13.3. The summed E-state index contributed by atoms with van der Waals surface area (Å²) < 4.78 is 14.0. The van der Waals surface area contributed by atoms with Crippen LogP contribution < -0.4 is 5.32 Å². The van der Waals surface area contributed by atoms with Gasteiger partial charge in [0.2, 0.25) is 0 Å². The average molecular weight is 345 g/mol. The van der Waals surface area contributed by atoms with Crippen molar-refractivity contribution in [2.75, 3.05) is 7.05 Å². The number of benzene rings is 2. The molecule has 21 heavy (non-hydrogen) atoms. The highest BCUT2D eigenvalue weighted by atomic mass is 79.9. The Morgan fingerprint density at radius 3 is 2.76 bits per heavy atom. The third-order valence-electron chi connectivity index (χ3n) is 3.53. The lowest BCUT2D eigenvalue weighted by molar-refractivity contribution is 0.621. The molecule has 3 aromatic rings.